The Morgan fingerprint density at radius 1 is 1.52 bits per heavy atom. The Morgan fingerprint density at radius 2 is 2.29 bits per heavy atom. The van der Waals surface area contributed by atoms with Gasteiger partial charge in [-0.25, -0.2) is 4.98 Å². The molecule has 1 saturated carbocycles. The molecule has 1 aliphatic rings. The van der Waals surface area contributed by atoms with Crippen molar-refractivity contribution in [2.75, 3.05) is 7.05 Å². The van der Waals surface area contributed by atoms with E-state index in [1.54, 1.807) is 16.2 Å². The molecule has 0 spiro atoms. The molecule has 2 N–H and O–H groups in total. The van der Waals surface area contributed by atoms with Crippen LogP contribution in [0, 0.1) is 5.41 Å². The van der Waals surface area contributed by atoms with Gasteiger partial charge in [0.15, 0.2) is 0 Å². The van der Waals surface area contributed by atoms with Crippen molar-refractivity contribution in [2.24, 2.45) is 11.1 Å². The fraction of sp³-hybridized carbons (Fsp3) is 0.500. The second-order valence-corrected chi connectivity index (χ2v) is 7.27. The number of thiazole rings is 1. The van der Waals surface area contributed by atoms with Crippen molar-refractivity contribution < 1.29 is 4.79 Å². The molecule has 0 aliphatic heterocycles. The van der Waals surface area contributed by atoms with Gasteiger partial charge in [-0.1, -0.05) is 18.6 Å². The highest BCUT2D eigenvalue weighted by molar-refractivity contribution is 7.18. The number of nitrogens with two attached hydrogens (primary N) is 1. The topological polar surface area (TPSA) is 59.2 Å². The van der Waals surface area contributed by atoms with Crippen molar-refractivity contribution in [3.8, 4) is 0 Å². The van der Waals surface area contributed by atoms with Gasteiger partial charge in [0.1, 0.15) is 5.01 Å². The number of hydrogen-bond acceptors (Lipinski definition) is 4. The maximum absolute atomic E-state index is 12.7. The fourth-order valence-corrected chi connectivity index (χ4v) is 4.18. The number of benzene rings is 1. The highest BCUT2D eigenvalue weighted by Crippen LogP contribution is 2.38. The molecular weight excluding hydrogens is 282 g/mol. The van der Waals surface area contributed by atoms with E-state index in [1.165, 1.54) is 0 Å². The number of carbonyl (C=O) groups is 1. The molecule has 4 nitrogen and oxygen atoms in total. The van der Waals surface area contributed by atoms with Crippen molar-refractivity contribution in [1.82, 2.24) is 9.88 Å². The SMILES string of the molecule is CN(Cc1nc2ccccc2s1)C(=O)C1(C)CCCC1N. The Labute approximate surface area is 129 Å². The van der Waals surface area contributed by atoms with E-state index in [0.29, 0.717) is 6.54 Å². The monoisotopic (exact) mass is 303 g/mol. The molecule has 1 heterocycles. The van der Waals surface area contributed by atoms with E-state index in [9.17, 15) is 4.79 Å². The average molecular weight is 303 g/mol. The summed E-state index contributed by atoms with van der Waals surface area (Å²) in [4.78, 5) is 19.1. The summed E-state index contributed by atoms with van der Waals surface area (Å²) < 4.78 is 1.16. The summed E-state index contributed by atoms with van der Waals surface area (Å²) in [5.41, 5.74) is 6.74. The predicted molar refractivity (Wildman–Crippen MR) is 86.0 cm³/mol. The van der Waals surface area contributed by atoms with Crippen LogP contribution in [0.25, 0.3) is 10.2 Å². The maximum atomic E-state index is 12.7. The summed E-state index contributed by atoms with van der Waals surface area (Å²) in [6, 6.07) is 8.04. The lowest BCUT2D eigenvalue weighted by Gasteiger charge is -2.32. The van der Waals surface area contributed by atoms with Crippen LogP contribution in [0.5, 0.6) is 0 Å². The number of rotatable bonds is 3. The lowest BCUT2D eigenvalue weighted by molar-refractivity contribution is -0.140. The molecule has 1 aromatic heterocycles. The van der Waals surface area contributed by atoms with Gasteiger partial charge in [-0.2, -0.15) is 0 Å². The molecule has 0 saturated heterocycles. The number of aromatic nitrogens is 1. The molecule has 5 heteroatoms. The van der Waals surface area contributed by atoms with E-state index in [4.69, 9.17) is 5.73 Å². The fourth-order valence-electron chi connectivity index (χ4n) is 3.16. The third kappa shape index (κ3) is 2.56. The lowest BCUT2D eigenvalue weighted by Crippen LogP contribution is -2.47. The van der Waals surface area contributed by atoms with E-state index >= 15 is 0 Å². The molecule has 2 atom stereocenters. The van der Waals surface area contributed by atoms with Crippen LogP contribution in [-0.2, 0) is 11.3 Å². The number of carbonyl (C=O) groups excluding carboxylic acids is 1. The number of nitrogens with zero attached hydrogens (tertiary/aromatic N) is 2. The number of hydrogen-bond donors (Lipinski definition) is 1. The summed E-state index contributed by atoms with van der Waals surface area (Å²) in [6.45, 7) is 2.56. The summed E-state index contributed by atoms with van der Waals surface area (Å²) in [7, 11) is 1.85. The van der Waals surface area contributed by atoms with Gasteiger partial charge >= 0.3 is 0 Å². The minimum absolute atomic E-state index is 0.0252. The van der Waals surface area contributed by atoms with E-state index in [2.05, 4.69) is 11.1 Å². The Bertz CT molecular complexity index is 635. The number of para-hydroxylation sites is 1. The largest absolute Gasteiger partial charge is 0.338 e. The second kappa shape index (κ2) is 5.39. The molecule has 21 heavy (non-hydrogen) atoms. The zero-order valence-electron chi connectivity index (χ0n) is 12.5. The molecule has 1 fully saturated rings. The normalized spacial score (nSPS) is 25.4. The van der Waals surface area contributed by atoms with Crippen LogP contribution in [0.4, 0.5) is 0 Å². The molecule has 112 valence electrons. The zero-order valence-corrected chi connectivity index (χ0v) is 13.3. The molecule has 2 aromatic rings. The lowest BCUT2D eigenvalue weighted by atomic mass is 9.83. The molecule has 0 radical (unpaired) electrons. The van der Waals surface area contributed by atoms with E-state index < -0.39 is 5.41 Å². The molecule has 0 bridgehead atoms. The molecular formula is C16H21N3OS. The van der Waals surface area contributed by atoms with Crippen molar-refractivity contribution in [3.63, 3.8) is 0 Å². The highest BCUT2D eigenvalue weighted by Gasteiger charge is 2.44. The average Bonchev–Trinajstić information content (AvgIpc) is 3.02. The van der Waals surface area contributed by atoms with Crippen molar-refractivity contribution in [2.45, 2.75) is 38.8 Å². The number of amides is 1. The zero-order chi connectivity index (χ0) is 15.0. The second-order valence-electron chi connectivity index (χ2n) is 6.15. The quantitative estimate of drug-likeness (QED) is 0.948. The van der Waals surface area contributed by atoms with Crippen LogP contribution in [-0.4, -0.2) is 28.9 Å². The van der Waals surface area contributed by atoms with E-state index in [-0.39, 0.29) is 11.9 Å². The minimum Gasteiger partial charge on any atom is -0.338 e. The van der Waals surface area contributed by atoms with Gasteiger partial charge < -0.3 is 10.6 Å². The van der Waals surface area contributed by atoms with Crippen molar-refractivity contribution in [3.05, 3.63) is 29.3 Å². The first kappa shape index (κ1) is 14.5. The van der Waals surface area contributed by atoms with E-state index in [1.807, 2.05) is 32.2 Å². The Hall–Kier alpha value is -1.46. The van der Waals surface area contributed by atoms with Gasteiger partial charge in [0, 0.05) is 13.1 Å². The van der Waals surface area contributed by atoms with Gasteiger partial charge in [-0.05, 0) is 31.9 Å². The summed E-state index contributed by atoms with van der Waals surface area (Å²) >= 11 is 1.65. The highest BCUT2D eigenvalue weighted by atomic mass is 32.1. The molecule has 1 aliphatic carbocycles. The van der Waals surface area contributed by atoms with Crippen LogP contribution in [0.3, 0.4) is 0 Å². The van der Waals surface area contributed by atoms with Crippen LogP contribution in [0.2, 0.25) is 0 Å². The first-order valence-corrected chi connectivity index (χ1v) is 8.18. The standard InChI is InChI=1S/C16H21N3OS/c1-16(9-5-8-13(16)17)15(20)19(2)10-14-18-11-6-3-4-7-12(11)21-14/h3-4,6-7,13H,5,8-10,17H2,1-2H3. The summed E-state index contributed by atoms with van der Waals surface area (Å²) in [6.07, 6.45) is 2.87. The van der Waals surface area contributed by atoms with E-state index in [0.717, 1.165) is 34.5 Å². The van der Waals surface area contributed by atoms with Crippen molar-refractivity contribution in [1.29, 1.82) is 0 Å². The minimum atomic E-state index is -0.411. The van der Waals surface area contributed by atoms with Crippen LogP contribution >= 0.6 is 11.3 Å². The summed E-state index contributed by atoms with van der Waals surface area (Å²) in [5, 5.41) is 0.974. The van der Waals surface area contributed by atoms with Crippen LogP contribution < -0.4 is 5.73 Å². The smallest absolute Gasteiger partial charge is 0.230 e. The van der Waals surface area contributed by atoms with Crippen LogP contribution in [0.1, 0.15) is 31.2 Å². The first-order valence-electron chi connectivity index (χ1n) is 7.36. The predicted octanol–water partition coefficient (Wildman–Crippen LogP) is 2.77. The number of fused-ring (bicyclic) bond motifs is 1. The maximum Gasteiger partial charge on any atom is 0.230 e. The van der Waals surface area contributed by atoms with Gasteiger partial charge in [0.05, 0.1) is 22.2 Å². The molecule has 2 unspecified atom stereocenters. The van der Waals surface area contributed by atoms with Crippen molar-refractivity contribution >= 4 is 27.5 Å². The Kier molecular flexibility index (Phi) is 3.71. The van der Waals surface area contributed by atoms with Crippen LogP contribution in [0.15, 0.2) is 24.3 Å². The van der Waals surface area contributed by atoms with Gasteiger partial charge in [0.2, 0.25) is 5.91 Å². The molecule has 1 amide bonds. The summed E-state index contributed by atoms with van der Waals surface area (Å²) in [5.74, 6) is 0.145. The Morgan fingerprint density at radius 3 is 2.95 bits per heavy atom. The molecule has 1 aromatic carbocycles. The van der Waals surface area contributed by atoms with Gasteiger partial charge in [-0.3, -0.25) is 4.79 Å². The Balaban J connectivity index is 1.76. The van der Waals surface area contributed by atoms with Gasteiger partial charge in [0.25, 0.3) is 0 Å². The third-order valence-electron chi connectivity index (χ3n) is 4.58. The first-order chi connectivity index (χ1) is 10.0. The molecule has 3 rings (SSSR count). The van der Waals surface area contributed by atoms with Gasteiger partial charge in [-0.15, -0.1) is 11.3 Å². The third-order valence-corrected chi connectivity index (χ3v) is 5.60.